The summed E-state index contributed by atoms with van der Waals surface area (Å²) >= 11 is 0. The Morgan fingerprint density at radius 3 is 2.69 bits per heavy atom. The molecule has 7 heteroatoms. The third-order valence-electron chi connectivity index (χ3n) is 7.23. The van der Waals surface area contributed by atoms with Crippen molar-refractivity contribution in [1.29, 1.82) is 0 Å². The van der Waals surface area contributed by atoms with Crippen LogP contribution in [0.2, 0.25) is 0 Å². The number of amides is 2. The van der Waals surface area contributed by atoms with Crippen LogP contribution in [-0.2, 0) is 11.2 Å². The largest absolute Gasteiger partial charge is 0.328 e. The first-order valence-corrected chi connectivity index (χ1v) is 12.0. The number of aromatic nitrogens is 3. The second kappa shape index (κ2) is 8.96. The molecule has 0 spiro atoms. The van der Waals surface area contributed by atoms with Gasteiger partial charge in [0.1, 0.15) is 5.82 Å². The van der Waals surface area contributed by atoms with Gasteiger partial charge in [-0.05, 0) is 57.1 Å². The molecule has 0 aromatic carbocycles. The molecule has 1 aliphatic carbocycles. The van der Waals surface area contributed by atoms with Crippen molar-refractivity contribution < 1.29 is 9.59 Å². The van der Waals surface area contributed by atoms with Gasteiger partial charge in [-0.1, -0.05) is 19.3 Å². The van der Waals surface area contributed by atoms with Gasteiger partial charge >= 0.3 is 0 Å². The summed E-state index contributed by atoms with van der Waals surface area (Å²) in [5.74, 6) is 2.10. The van der Waals surface area contributed by atoms with Crippen LogP contribution in [-0.4, -0.2) is 44.8 Å². The average molecular weight is 434 g/mol. The van der Waals surface area contributed by atoms with Gasteiger partial charge in [-0.2, -0.15) is 0 Å². The summed E-state index contributed by atoms with van der Waals surface area (Å²) in [5.41, 5.74) is 2.41. The van der Waals surface area contributed by atoms with Gasteiger partial charge in [0.2, 0.25) is 5.91 Å². The number of hydrogen-bond donors (Lipinski definition) is 0. The van der Waals surface area contributed by atoms with E-state index in [0.29, 0.717) is 30.3 Å². The van der Waals surface area contributed by atoms with E-state index in [0.717, 1.165) is 42.9 Å². The van der Waals surface area contributed by atoms with Crippen molar-refractivity contribution in [3.63, 3.8) is 0 Å². The fraction of sp³-hybridized carbons (Fsp3) is 0.560. The Morgan fingerprint density at radius 1 is 1.09 bits per heavy atom. The number of hydrogen-bond acceptors (Lipinski definition) is 5. The molecule has 3 aliphatic rings. The van der Waals surface area contributed by atoms with Gasteiger partial charge in [-0.3, -0.25) is 19.5 Å². The van der Waals surface area contributed by atoms with Crippen molar-refractivity contribution in [1.82, 2.24) is 19.9 Å². The highest BCUT2D eigenvalue weighted by molar-refractivity contribution is 6.00. The normalized spacial score (nSPS) is 21.7. The fourth-order valence-electron chi connectivity index (χ4n) is 5.46. The van der Waals surface area contributed by atoms with Gasteiger partial charge in [0.25, 0.3) is 5.91 Å². The topological polar surface area (TPSA) is 79.3 Å². The molecule has 0 radical (unpaired) electrons. The molecule has 0 N–H and O–H groups in total. The monoisotopic (exact) mass is 433 g/mol. The average Bonchev–Trinajstić information content (AvgIpc) is 3.15. The molecule has 7 nitrogen and oxygen atoms in total. The van der Waals surface area contributed by atoms with E-state index in [1.807, 2.05) is 16.7 Å². The molecule has 1 atom stereocenters. The molecule has 32 heavy (non-hydrogen) atoms. The first-order valence-electron chi connectivity index (χ1n) is 12.0. The molecule has 2 amide bonds. The van der Waals surface area contributed by atoms with Gasteiger partial charge in [0, 0.05) is 36.7 Å². The molecule has 1 unspecified atom stereocenters. The SMILES string of the molecule is Cc1nc(C2CCCCN2C(=O)c2cccnc2)nc2c1CC(=O)N2CC1CCCCC1. The van der Waals surface area contributed by atoms with E-state index >= 15 is 0 Å². The Hall–Kier alpha value is -2.83. The zero-order valence-corrected chi connectivity index (χ0v) is 18.8. The Labute approximate surface area is 189 Å². The minimum atomic E-state index is -0.173. The highest BCUT2D eigenvalue weighted by atomic mass is 16.2. The Balaban J connectivity index is 1.45. The first-order chi connectivity index (χ1) is 15.6. The molecule has 1 saturated carbocycles. The van der Waals surface area contributed by atoms with Crippen molar-refractivity contribution >= 4 is 17.6 Å². The number of pyridine rings is 1. The highest BCUT2D eigenvalue weighted by Gasteiger charge is 2.36. The minimum absolute atomic E-state index is 0.0281. The Kier molecular flexibility index (Phi) is 5.89. The van der Waals surface area contributed by atoms with Crippen LogP contribution in [0.1, 0.15) is 84.8 Å². The van der Waals surface area contributed by atoms with Gasteiger partial charge in [-0.25, -0.2) is 9.97 Å². The number of aryl methyl sites for hydroxylation is 1. The van der Waals surface area contributed by atoms with E-state index < -0.39 is 0 Å². The summed E-state index contributed by atoms with van der Waals surface area (Å²) in [4.78, 5) is 43.8. The van der Waals surface area contributed by atoms with Gasteiger partial charge < -0.3 is 4.90 Å². The number of carbonyl (C=O) groups is 2. The number of fused-ring (bicyclic) bond motifs is 1. The van der Waals surface area contributed by atoms with Crippen LogP contribution in [0.5, 0.6) is 0 Å². The standard InChI is InChI=1S/C25H31N5O2/c1-17-20-14-22(31)30(16-18-8-3-2-4-9-18)24(20)28-23(27-17)21-11-5-6-13-29(21)25(32)19-10-7-12-26-15-19/h7,10,12,15,18,21H,2-6,8-9,11,13-14,16H2,1H3. The number of rotatable bonds is 4. The second-order valence-electron chi connectivity index (χ2n) is 9.41. The maximum atomic E-state index is 13.2. The summed E-state index contributed by atoms with van der Waals surface area (Å²) in [5, 5.41) is 0. The summed E-state index contributed by atoms with van der Waals surface area (Å²) in [6, 6.07) is 3.42. The van der Waals surface area contributed by atoms with E-state index in [2.05, 4.69) is 4.98 Å². The van der Waals surface area contributed by atoms with Crippen molar-refractivity contribution in [3.05, 3.63) is 47.2 Å². The van der Waals surface area contributed by atoms with Crippen LogP contribution in [0, 0.1) is 12.8 Å². The predicted octanol–water partition coefficient (Wildman–Crippen LogP) is 4.02. The molecule has 1 saturated heterocycles. The predicted molar refractivity (Wildman–Crippen MR) is 121 cm³/mol. The molecular formula is C25H31N5O2. The minimum Gasteiger partial charge on any atom is -0.328 e. The Morgan fingerprint density at radius 2 is 1.91 bits per heavy atom. The first kappa shape index (κ1) is 21.0. The lowest BCUT2D eigenvalue weighted by molar-refractivity contribution is -0.117. The molecule has 2 fully saturated rings. The molecule has 4 heterocycles. The number of nitrogens with zero attached hydrogens (tertiary/aromatic N) is 5. The number of piperidine rings is 1. The van der Waals surface area contributed by atoms with Gasteiger partial charge in [-0.15, -0.1) is 0 Å². The van der Waals surface area contributed by atoms with E-state index in [4.69, 9.17) is 9.97 Å². The molecule has 168 valence electrons. The van der Waals surface area contributed by atoms with Crippen LogP contribution in [0.4, 0.5) is 5.82 Å². The number of anilines is 1. The molecular weight excluding hydrogens is 402 g/mol. The lowest BCUT2D eigenvalue weighted by Crippen LogP contribution is -2.39. The highest BCUT2D eigenvalue weighted by Crippen LogP contribution is 2.36. The van der Waals surface area contributed by atoms with E-state index in [-0.39, 0.29) is 17.9 Å². The van der Waals surface area contributed by atoms with E-state index in [1.165, 1.54) is 32.1 Å². The smallest absolute Gasteiger partial charge is 0.256 e. The van der Waals surface area contributed by atoms with Crippen molar-refractivity contribution in [2.75, 3.05) is 18.0 Å². The maximum absolute atomic E-state index is 13.2. The van der Waals surface area contributed by atoms with E-state index in [9.17, 15) is 9.59 Å². The zero-order chi connectivity index (χ0) is 22.1. The molecule has 0 bridgehead atoms. The zero-order valence-electron chi connectivity index (χ0n) is 18.8. The van der Waals surface area contributed by atoms with Crippen LogP contribution in [0.25, 0.3) is 0 Å². The lowest BCUT2D eigenvalue weighted by Gasteiger charge is -2.35. The summed E-state index contributed by atoms with van der Waals surface area (Å²) < 4.78 is 0. The van der Waals surface area contributed by atoms with E-state index in [1.54, 1.807) is 24.5 Å². The van der Waals surface area contributed by atoms with Crippen LogP contribution in [0.15, 0.2) is 24.5 Å². The molecule has 2 aromatic rings. The molecule has 2 aromatic heterocycles. The molecule has 2 aliphatic heterocycles. The van der Waals surface area contributed by atoms with Gasteiger partial charge in [0.05, 0.1) is 18.0 Å². The Bertz CT molecular complexity index is 1000. The summed E-state index contributed by atoms with van der Waals surface area (Å²) in [6.07, 6.45) is 12.7. The second-order valence-corrected chi connectivity index (χ2v) is 9.41. The van der Waals surface area contributed by atoms with Crippen molar-refractivity contribution in [2.24, 2.45) is 5.92 Å². The van der Waals surface area contributed by atoms with Crippen molar-refractivity contribution in [3.8, 4) is 0 Å². The number of carbonyl (C=O) groups excluding carboxylic acids is 2. The summed E-state index contributed by atoms with van der Waals surface area (Å²) in [7, 11) is 0. The maximum Gasteiger partial charge on any atom is 0.256 e. The summed E-state index contributed by atoms with van der Waals surface area (Å²) in [6.45, 7) is 3.41. The lowest BCUT2D eigenvalue weighted by atomic mass is 9.89. The molecule has 5 rings (SSSR count). The van der Waals surface area contributed by atoms with Gasteiger partial charge in [0.15, 0.2) is 5.82 Å². The third-order valence-corrected chi connectivity index (χ3v) is 7.23. The van der Waals surface area contributed by atoms with Crippen LogP contribution < -0.4 is 4.90 Å². The fourth-order valence-corrected chi connectivity index (χ4v) is 5.46. The third kappa shape index (κ3) is 4.00. The quantitative estimate of drug-likeness (QED) is 0.728. The van der Waals surface area contributed by atoms with Crippen LogP contribution in [0.3, 0.4) is 0 Å². The number of likely N-dealkylation sites (tertiary alicyclic amines) is 1. The van der Waals surface area contributed by atoms with Crippen molar-refractivity contribution in [2.45, 2.75) is 70.8 Å². The van der Waals surface area contributed by atoms with Crippen LogP contribution >= 0.6 is 0 Å².